The summed E-state index contributed by atoms with van der Waals surface area (Å²) in [6.45, 7) is 1.56. The van der Waals surface area contributed by atoms with Crippen LogP contribution in [0, 0.1) is 6.92 Å². The predicted octanol–water partition coefficient (Wildman–Crippen LogP) is 3.12. The number of carboxylic acids is 1. The molecule has 2 rings (SSSR count). The highest BCUT2D eigenvalue weighted by Gasteiger charge is 2.19. The number of carboxylic acid groups (broad SMARTS) is 1. The Labute approximate surface area is 112 Å². The molecular weight excluding hydrogens is 302 g/mol. The zero-order chi connectivity index (χ0) is 13.3. The Bertz CT molecular complexity index is 606. The molecule has 0 saturated carbocycles. The van der Waals surface area contributed by atoms with E-state index in [1.807, 2.05) is 0 Å². The molecule has 0 bridgehead atoms. The van der Waals surface area contributed by atoms with Crippen LogP contribution in [0.1, 0.15) is 16.2 Å². The van der Waals surface area contributed by atoms with Crippen molar-refractivity contribution in [3.8, 4) is 17.2 Å². The molecule has 18 heavy (non-hydrogen) atoms. The number of hydrogen-bond acceptors (Lipinski definition) is 4. The third kappa shape index (κ3) is 2.24. The number of nitrogens with zero attached hydrogens (tertiary/aromatic N) is 1. The molecule has 2 aromatic rings. The van der Waals surface area contributed by atoms with E-state index in [2.05, 4.69) is 20.9 Å². The van der Waals surface area contributed by atoms with Crippen molar-refractivity contribution in [1.29, 1.82) is 0 Å². The van der Waals surface area contributed by atoms with Gasteiger partial charge in [0, 0.05) is 4.47 Å². The minimum absolute atomic E-state index is 0.0880. The Morgan fingerprint density at radius 2 is 2.22 bits per heavy atom. The highest BCUT2D eigenvalue weighted by atomic mass is 79.9. The van der Waals surface area contributed by atoms with E-state index >= 15 is 0 Å². The molecule has 0 aliphatic heterocycles. The summed E-state index contributed by atoms with van der Waals surface area (Å²) in [6.07, 6.45) is 0. The number of carbonyl (C=O) groups is 1. The van der Waals surface area contributed by atoms with Gasteiger partial charge in [-0.05, 0) is 25.1 Å². The first-order chi connectivity index (χ1) is 8.52. The fourth-order valence-corrected chi connectivity index (χ4v) is 1.89. The van der Waals surface area contributed by atoms with E-state index < -0.39 is 5.97 Å². The van der Waals surface area contributed by atoms with Gasteiger partial charge in [0.1, 0.15) is 11.5 Å². The lowest BCUT2D eigenvalue weighted by Crippen LogP contribution is -1.98. The van der Waals surface area contributed by atoms with Crippen molar-refractivity contribution in [2.75, 3.05) is 7.11 Å². The zero-order valence-electron chi connectivity index (χ0n) is 9.73. The van der Waals surface area contributed by atoms with E-state index in [-0.39, 0.29) is 17.3 Å². The zero-order valence-corrected chi connectivity index (χ0v) is 11.3. The molecule has 1 heterocycles. The first-order valence-corrected chi connectivity index (χ1v) is 5.87. The molecule has 0 aliphatic rings. The molecule has 0 aliphatic carbocycles. The Hall–Kier alpha value is -1.82. The lowest BCUT2D eigenvalue weighted by Gasteiger charge is -2.05. The normalized spacial score (nSPS) is 10.4. The Morgan fingerprint density at radius 1 is 1.50 bits per heavy atom. The van der Waals surface area contributed by atoms with Gasteiger partial charge in [-0.25, -0.2) is 9.78 Å². The van der Waals surface area contributed by atoms with Crippen LogP contribution >= 0.6 is 15.9 Å². The molecule has 6 heteroatoms. The minimum Gasteiger partial charge on any atom is -0.496 e. The number of benzene rings is 1. The van der Waals surface area contributed by atoms with Crippen LogP contribution in [0.2, 0.25) is 0 Å². The van der Waals surface area contributed by atoms with Gasteiger partial charge in [-0.3, -0.25) is 0 Å². The maximum Gasteiger partial charge on any atom is 0.358 e. The van der Waals surface area contributed by atoms with Crippen LogP contribution in [-0.2, 0) is 0 Å². The molecule has 0 fully saturated rings. The molecule has 0 spiro atoms. The quantitative estimate of drug-likeness (QED) is 0.942. The molecule has 0 amide bonds. The van der Waals surface area contributed by atoms with Crippen LogP contribution < -0.4 is 4.74 Å². The molecule has 1 N–H and O–H groups in total. The largest absolute Gasteiger partial charge is 0.496 e. The second-order valence-corrected chi connectivity index (χ2v) is 4.49. The number of oxazole rings is 1. The standard InChI is InChI=1S/C12H10BrNO4/c1-6-10(12(15)16)14-11(18-6)8-4-3-7(13)5-9(8)17-2/h3-5H,1-2H3,(H,15,16). The summed E-state index contributed by atoms with van der Waals surface area (Å²) in [7, 11) is 1.53. The van der Waals surface area contributed by atoms with Gasteiger partial charge in [0.25, 0.3) is 0 Å². The van der Waals surface area contributed by atoms with E-state index in [1.54, 1.807) is 25.1 Å². The maximum atomic E-state index is 10.9. The summed E-state index contributed by atoms with van der Waals surface area (Å²) in [4.78, 5) is 14.9. The van der Waals surface area contributed by atoms with Gasteiger partial charge in [-0.1, -0.05) is 15.9 Å². The summed E-state index contributed by atoms with van der Waals surface area (Å²) < 4.78 is 11.4. The average molecular weight is 312 g/mol. The van der Waals surface area contributed by atoms with Crippen molar-refractivity contribution in [2.24, 2.45) is 0 Å². The Morgan fingerprint density at radius 3 is 2.78 bits per heavy atom. The second kappa shape index (κ2) is 4.81. The van der Waals surface area contributed by atoms with Crippen molar-refractivity contribution in [3.63, 3.8) is 0 Å². The fraction of sp³-hybridized carbons (Fsp3) is 0.167. The molecule has 1 aromatic heterocycles. The highest BCUT2D eigenvalue weighted by molar-refractivity contribution is 9.10. The molecule has 0 radical (unpaired) electrons. The number of methoxy groups -OCH3 is 1. The summed E-state index contributed by atoms with van der Waals surface area (Å²) in [5.74, 6) is -0.0575. The van der Waals surface area contributed by atoms with Gasteiger partial charge in [0.05, 0.1) is 12.7 Å². The number of hydrogen-bond donors (Lipinski definition) is 1. The Kier molecular flexibility index (Phi) is 3.38. The van der Waals surface area contributed by atoms with Crippen LogP contribution in [0.5, 0.6) is 5.75 Å². The van der Waals surface area contributed by atoms with E-state index in [0.717, 1.165) is 4.47 Å². The van der Waals surface area contributed by atoms with Crippen LogP contribution in [0.4, 0.5) is 0 Å². The SMILES string of the molecule is COc1cc(Br)ccc1-c1nc(C(=O)O)c(C)o1. The maximum absolute atomic E-state index is 10.9. The van der Waals surface area contributed by atoms with E-state index in [4.69, 9.17) is 14.3 Å². The average Bonchev–Trinajstić information content (AvgIpc) is 2.71. The second-order valence-electron chi connectivity index (χ2n) is 3.57. The molecule has 5 nitrogen and oxygen atoms in total. The summed E-state index contributed by atoms with van der Waals surface area (Å²) >= 11 is 3.33. The fourth-order valence-electron chi connectivity index (χ4n) is 1.55. The van der Waals surface area contributed by atoms with Gasteiger partial charge in [0.15, 0.2) is 5.69 Å². The third-order valence-electron chi connectivity index (χ3n) is 2.39. The minimum atomic E-state index is -1.11. The van der Waals surface area contributed by atoms with Crippen molar-refractivity contribution in [3.05, 3.63) is 34.1 Å². The van der Waals surface area contributed by atoms with Crippen LogP contribution in [0.3, 0.4) is 0 Å². The number of rotatable bonds is 3. The topological polar surface area (TPSA) is 72.6 Å². The summed E-state index contributed by atoms with van der Waals surface area (Å²) in [6, 6.07) is 5.31. The number of ether oxygens (including phenoxy) is 1. The summed E-state index contributed by atoms with van der Waals surface area (Å²) in [5, 5.41) is 8.94. The lowest BCUT2D eigenvalue weighted by atomic mass is 10.2. The van der Waals surface area contributed by atoms with Crippen LogP contribution in [-0.4, -0.2) is 23.2 Å². The first-order valence-electron chi connectivity index (χ1n) is 5.07. The summed E-state index contributed by atoms with van der Waals surface area (Å²) in [5.41, 5.74) is 0.520. The monoisotopic (exact) mass is 311 g/mol. The van der Waals surface area contributed by atoms with Crippen molar-refractivity contribution < 1.29 is 19.1 Å². The third-order valence-corrected chi connectivity index (χ3v) is 2.89. The van der Waals surface area contributed by atoms with Crippen molar-refractivity contribution >= 4 is 21.9 Å². The number of aromatic nitrogens is 1. The number of aryl methyl sites for hydroxylation is 1. The smallest absolute Gasteiger partial charge is 0.358 e. The lowest BCUT2D eigenvalue weighted by molar-refractivity contribution is 0.0689. The van der Waals surface area contributed by atoms with E-state index in [0.29, 0.717) is 11.3 Å². The van der Waals surface area contributed by atoms with E-state index in [1.165, 1.54) is 7.11 Å². The molecule has 0 unspecified atom stereocenters. The predicted molar refractivity (Wildman–Crippen MR) is 67.9 cm³/mol. The molecular formula is C12H10BrNO4. The molecule has 0 saturated heterocycles. The van der Waals surface area contributed by atoms with Gasteiger partial charge in [0.2, 0.25) is 5.89 Å². The number of aromatic carboxylic acids is 1. The van der Waals surface area contributed by atoms with E-state index in [9.17, 15) is 4.79 Å². The highest BCUT2D eigenvalue weighted by Crippen LogP contribution is 2.32. The van der Waals surface area contributed by atoms with Crippen LogP contribution in [0.15, 0.2) is 27.1 Å². The van der Waals surface area contributed by atoms with Gasteiger partial charge in [-0.15, -0.1) is 0 Å². The van der Waals surface area contributed by atoms with Crippen molar-refractivity contribution in [1.82, 2.24) is 4.98 Å². The van der Waals surface area contributed by atoms with Gasteiger partial charge < -0.3 is 14.3 Å². The Balaban J connectivity index is 2.55. The molecule has 1 aromatic carbocycles. The molecule has 0 atom stereocenters. The first kappa shape index (κ1) is 12.6. The molecule has 94 valence electrons. The van der Waals surface area contributed by atoms with Gasteiger partial charge >= 0.3 is 5.97 Å². The van der Waals surface area contributed by atoms with Crippen molar-refractivity contribution in [2.45, 2.75) is 6.92 Å². The van der Waals surface area contributed by atoms with Crippen LogP contribution in [0.25, 0.3) is 11.5 Å². The van der Waals surface area contributed by atoms with Gasteiger partial charge in [-0.2, -0.15) is 0 Å². The number of halogens is 1.